The lowest BCUT2D eigenvalue weighted by Crippen LogP contribution is -2.36. The molecular formula is C12H13ClN4O. The number of benzene rings is 1. The van der Waals surface area contributed by atoms with Crippen LogP contribution in [0, 0.1) is 0 Å². The third-order valence-electron chi connectivity index (χ3n) is 3.29. The first-order valence-corrected chi connectivity index (χ1v) is 6.23. The first kappa shape index (κ1) is 11.3. The van der Waals surface area contributed by atoms with E-state index in [0.29, 0.717) is 23.9 Å². The number of aromatic nitrogens is 2. The number of nitrogens with zero attached hydrogens (tertiary/aromatic N) is 2. The zero-order valence-corrected chi connectivity index (χ0v) is 10.4. The summed E-state index contributed by atoms with van der Waals surface area (Å²) in [5, 5.41) is 3.48. The minimum atomic E-state index is 0.0836. The molecule has 1 aromatic heterocycles. The maximum absolute atomic E-state index is 11.2. The fraction of sp³-hybridized carbons (Fsp3) is 0.333. The average Bonchev–Trinajstić information content (AvgIpc) is 2.68. The number of hydrogen-bond acceptors (Lipinski definition) is 3. The second-order valence-corrected chi connectivity index (χ2v) is 4.85. The number of nitrogens with one attached hydrogen (secondary N) is 1. The number of carbonyl (C=O) groups excluding carboxylic acids is 1. The van der Waals surface area contributed by atoms with Crippen molar-refractivity contribution in [2.24, 2.45) is 0 Å². The zero-order valence-electron chi connectivity index (χ0n) is 9.69. The van der Waals surface area contributed by atoms with Gasteiger partial charge < -0.3 is 15.6 Å². The van der Waals surface area contributed by atoms with E-state index in [9.17, 15) is 4.79 Å². The molecule has 0 aliphatic carbocycles. The molecule has 3 rings (SSSR count). The fourth-order valence-electron chi connectivity index (χ4n) is 2.43. The predicted molar refractivity (Wildman–Crippen MR) is 70.4 cm³/mol. The van der Waals surface area contributed by atoms with Crippen molar-refractivity contribution in [3.05, 3.63) is 23.2 Å². The van der Waals surface area contributed by atoms with Gasteiger partial charge in [0, 0.05) is 13.0 Å². The van der Waals surface area contributed by atoms with Crippen LogP contribution in [0.3, 0.4) is 0 Å². The van der Waals surface area contributed by atoms with Crippen LogP contribution in [0.2, 0.25) is 5.02 Å². The van der Waals surface area contributed by atoms with Crippen LogP contribution in [0.25, 0.3) is 11.0 Å². The Morgan fingerprint density at radius 1 is 1.50 bits per heavy atom. The maximum atomic E-state index is 11.2. The minimum Gasteiger partial charge on any atom is -0.369 e. The highest BCUT2D eigenvalue weighted by Gasteiger charge is 2.24. The Labute approximate surface area is 109 Å². The van der Waals surface area contributed by atoms with Gasteiger partial charge in [-0.15, -0.1) is 0 Å². The highest BCUT2D eigenvalue weighted by Crippen LogP contribution is 2.31. The van der Waals surface area contributed by atoms with E-state index >= 15 is 0 Å². The van der Waals surface area contributed by atoms with Crippen molar-refractivity contribution in [1.82, 2.24) is 14.9 Å². The van der Waals surface area contributed by atoms with Gasteiger partial charge in [0.25, 0.3) is 0 Å². The number of para-hydroxylation sites is 1. The Hall–Kier alpha value is -1.75. The number of nitrogens with two attached hydrogens (primary N) is 1. The number of carbonyl (C=O) groups is 1. The third kappa shape index (κ3) is 1.71. The topological polar surface area (TPSA) is 72.9 Å². The molecule has 2 aromatic rings. The lowest BCUT2D eigenvalue weighted by atomic mass is 10.1. The summed E-state index contributed by atoms with van der Waals surface area (Å²) in [7, 11) is 0. The van der Waals surface area contributed by atoms with Gasteiger partial charge >= 0.3 is 0 Å². The lowest BCUT2D eigenvalue weighted by Gasteiger charge is -2.25. The van der Waals surface area contributed by atoms with E-state index in [1.54, 1.807) is 0 Å². The monoisotopic (exact) mass is 264 g/mol. The van der Waals surface area contributed by atoms with Crippen LogP contribution in [-0.2, 0) is 4.79 Å². The molecule has 18 heavy (non-hydrogen) atoms. The van der Waals surface area contributed by atoms with Crippen LogP contribution < -0.4 is 11.1 Å². The predicted octanol–water partition coefficient (Wildman–Crippen LogP) is 1.72. The summed E-state index contributed by atoms with van der Waals surface area (Å²) >= 11 is 6.22. The SMILES string of the molecule is Nc1nc2cccc(Cl)c2n1C1CCC(=O)NC1. The Bertz CT molecular complexity index is 612. The van der Waals surface area contributed by atoms with Gasteiger partial charge in [0.1, 0.15) is 0 Å². The van der Waals surface area contributed by atoms with Crippen molar-refractivity contribution in [3.63, 3.8) is 0 Å². The highest BCUT2D eigenvalue weighted by atomic mass is 35.5. The second-order valence-electron chi connectivity index (χ2n) is 4.44. The molecule has 5 nitrogen and oxygen atoms in total. The van der Waals surface area contributed by atoms with Crippen molar-refractivity contribution in [1.29, 1.82) is 0 Å². The molecule has 1 unspecified atom stereocenters. The summed E-state index contributed by atoms with van der Waals surface area (Å²) in [4.78, 5) is 15.5. The van der Waals surface area contributed by atoms with Crippen molar-refractivity contribution in [3.8, 4) is 0 Å². The fourth-order valence-corrected chi connectivity index (χ4v) is 2.69. The summed E-state index contributed by atoms with van der Waals surface area (Å²) in [5.74, 6) is 0.527. The molecule has 1 atom stereocenters. The summed E-state index contributed by atoms with van der Waals surface area (Å²) in [6, 6.07) is 5.68. The first-order chi connectivity index (χ1) is 8.66. The van der Waals surface area contributed by atoms with Crippen LogP contribution in [0.4, 0.5) is 5.95 Å². The van der Waals surface area contributed by atoms with Gasteiger partial charge in [0.05, 0.1) is 22.1 Å². The number of imidazole rings is 1. The number of amides is 1. The molecule has 1 aromatic carbocycles. The van der Waals surface area contributed by atoms with Gasteiger partial charge in [0.2, 0.25) is 11.9 Å². The largest absolute Gasteiger partial charge is 0.369 e. The molecule has 1 amide bonds. The molecule has 0 bridgehead atoms. The molecule has 2 heterocycles. The van der Waals surface area contributed by atoms with Gasteiger partial charge in [-0.25, -0.2) is 4.98 Å². The molecular weight excluding hydrogens is 252 g/mol. The number of hydrogen-bond donors (Lipinski definition) is 2. The molecule has 0 saturated carbocycles. The maximum Gasteiger partial charge on any atom is 0.220 e. The van der Waals surface area contributed by atoms with Crippen molar-refractivity contribution in [2.45, 2.75) is 18.9 Å². The number of rotatable bonds is 1. The Morgan fingerprint density at radius 2 is 2.33 bits per heavy atom. The van der Waals surface area contributed by atoms with E-state index in [4.69, 9.17) is 17.3 Å². The summed E-state index contributed by atoms with van der Waals surface area (Å²) in [6.07, 6.45) is 1.26. The van der Waals surface area contributed by atoms with Crippen LogP contribution in [0.1, 0.15) is 18.9 Å². The Morgan fingerprint density at radius 3 is 3.06 bits per heavy atom. The Kier molecular flexibility index (Phi) is 2.63. The van der Waals surface area contributed by atoms with Crippen molar-refractivity contribution in [2.75, 3.05) is 12.3 Å². The molecule has 0 spiro atoms. The summed E-state index contributed by atoms with van der Waals surface area (Å²) in [5.41, 5.74) is 7.60. The first-order valence-electron chi connectivity index (χ1n) is 5.85. The summed E-state index contributed by atoms with van der Waals surface area (Å²) in [6.45, 7) is 0.569. The van der Waals surface area contributed by atoms with Crippen molar-refractivity contribution < 1.29 is 4.79 Å². The highest BCUT2D eigenvalue weighted by molar-refractivity contribution is 6.35. The van der Waals surface area contributed by atoms with Crippen LogP contribution in [0.15, 0.2) is 18.2 Å². The molecule has 3 N–H and O–H groups in total. The zero-order chi connectivity index (χ0) is 12.7. The standard InChI is InChI=1S/C12H13ClN4O/c13-8-2-1-3-9-11(8)17(12(14)16-9)7-4-5-10(18)15-6-7/h1-3,7H,4-6H2,(H2,14,16)(H,15,18). The van der Waals surface area contributed by atoms with E-state index in [1.165, 1.54) is 0 Å². The van der Waals surface area contributed by atoms with Gasteiger partial charge in [-0.2, -0.15) is 0 Å². The van der Waals surface area contributed by atoms with Gasteiger partial charge in [-0.1, -0.05) is 17.7 Å². The van der Waals surface area contributed by atoms with E-state index in [0.717, 1.165) is 17.5 Å². The molecule has 6 heteroatoms. The summed E-state index contributed by atoms with van der Waals surface area (Å²) < 4.78 is 1.93. The Balaban J connectivity index is 2.11. The quantitative estimate of drug-likeness (QED) is 0.824. The molecule has 94 valence electrons. The van der Waals surface area contributed by atoms with Gasteiger partial charge in [-0.05, 0) is 18.6 Å². The van der Waals surface area contributed by atoms with E-state index in [-0.39, 0.29) is 11.9 Å². The van der Waals surface area contributed by atoms with E-state index in [1.807, 2.05) is 22.8 Å². The minimum absolute atomic E-state index is 0.0836. The molecule has 1 aliphatic heterocycles. The van der Waals surface area contributed by atoms with Gasteiger partial charge in [0.15, 0.2) is 0 Å². The number of anilines is 1. The molecule has 1 aliphatic rings. The number of nitrogen functional groups attached to an aromatic ring is 1. The molecule has 1 fully saturated rings. The average molecular weight is 265 g/mol. The number of fused-ring (bicyclic) bond motifs is 1. The third-order valence-corrected chi connectivity index (χ3v) is 3.60. The lowest BCUT2D eigenvalue weighted by molar-refractivity contribution is -0.122. The second kappa shape index (κ2) is 4.17. The smallest absolute Gasteiger partial charge is 0.220 e. The van der Waals surface area contributed by atoms with Gasteiger partial charge in [-0.3, -0.25) is 4.79 Å². The molecule has 1 saturated heterocycles. The molecule has 0 radical (unpaired) electrons. The van der Waals surface area contributed by atoms with E-state index in [2.05, 4.69) is 10.3 Å². The van der Waals surface area contributed by atoms with Crippen LogP contribution in [0.5, 0.6) is 0 Å². The van der Waals surface area contributed by atoms with Crippen LogP contribution in [-0.4, -0.2) is 22.0 Å². The normalized spacial score (nSPS) is 20.1. The number of halogens is 1. The van der Waals surface area contributed by atoms with E-state index < -0.39 is 0 Å². The number of piperidine rings is 1. The van der Waals surface area contributed by atoms with Crippen LogP contribution >= 0.6 is 11.6 Å². The van der Waals surface area contributed by atoms with Crippen molar-refractivity contribution >= 4 is 34.5 Å².